The number of anilines is 2. The first-order valence-electron chi connectivity index (χ1n) is 12.8. The normalized spacial score (nSPS) is 17.6. The van der Waals surface area contributed by atoms with Crippen molar-refractivity contribution in [1.82, 2.24) is 14.9 Å². The van der Waals surface area contributed by atoms with Gasteiger partial charge in [0.2, 0.25) is 12.4 Å². The van der Waals surface area contributed by atoms with Crippen molar-refractivity contribution in [1.29, 1.82) is 0 Å². The van der Waals surface area contributed by atoms with Crippen LogP contribution >= 0.6 is 0 Å². The second kappa shape index (κ2) is 12.6. The molecule has 192 valence electrons. The zero-order valence-corrected chi connectivity index (χ0v) is 20.9. The van der Waals surface area contributed by atoms with Crippen molar-refractivity contribution in [2.45, 2.75) is 26.1 Å². The number of aromatic nitrogens is 2. The van der Waals surface area contributed by atoms with Crippen LogP contribution in [0.5, 0.6) is 5.75 Å². The maximum Gasteiger partial charge on any atom is 0.237 e. The standard InChI is InChI=1S/C29H32N4O4/c34-22-33-26-8-9-28(37-17-14-32-12-1-2-13-32)25(19-26)21-36-16-4-3-15-35-20-23-6-5-7-24(18-23)27-10-11-30-29(33)31-27/h3-11,18-19,22H,1-2,12-17,20-21H2/b4-3+. The highest BCUT2D eigenvalue weighted by atomic mass is 16.5. The van der Waals surface area contributed by atoms with Crippen LogP contribution < -0.4 is 9.64 Å². The molecule has 3 heterocycles. The van der Waals surface area contributed by atoms with Crippen LogP contribution in [0.1, 0.15) is 24.0 Å². The average Bonchev–Trinajstić information content (AvgIpc) is 3.45. The number of carbonyl (C=O) groups excluding carboxylic acids is 1. The van der Waals surface area contributed by atoms with Gasteiger partial charge < -0.3 is 14.2 Å². The van der Waals surface area contributed by atoms with E-state index in [4.69, 9.17) is 19.2 Å². The van der Waals surface area contributed by atoms with Crippen LogP contribution in [-0.4, -0.2) is 60.7 Å². The van der Waals surface area contributed by atoms with E-state index in [-0.39, 0.29) is 0 Å². The van der Waals surface area contributed by atoms with Crippen molar-refractivity contribution < 1.29 is 19.0 Å². The molecule has 0 radical (unpaired) electrons. The van der Waals surface area contributed by atoms with Crippen molar-refractivity contribution in [3.63, 3.8) is 0 Å². The molecule has 0 atom stereocenters. The molecule has 3 aromatic rings. The lowest BCUT2D eigenvalue weighted by molar-refractivity contribution is -0.106. The average molecular weight is 501 g/mol. The smallest absolute Gasteiger partial charge is 0.237 e. The van der Waals surface area contributed by atoms with Crippen molar-refractivity contribution in [2.24, 2.45) is 0 Å². The summed E-state index contributed by atoms with van der Waals surface area (Å²) in [5.74, 6) is 1.05. The minimum Gasteiger partial charge on any atom is -0.492 e. The Labute approximate surface area is 217 Å². The van der Waals surface area contributed by atoms with Gasteiger partial charge in [0, 0.05) is 23.9 Å². The quantitative estimate of drug-likeness (QED) is 0.377. The molecule has 5 rings (SSSR count). The molecule has 8 nitrogen and oxygen atoms in total. The van der Waals surface area contributed by atoms with E-state index in [0.717, 1.165) is 54.2 Å². The van der Waals surface area contributed by atoms with Gasteiger partial charge in [-0.15, -0.1) is 0 Å². The summed E-state index contributed by atoms with van der Waals surface area (Å²) >= 11 is 0. The van der Waals surface area contributed by atoms with Crippen LogP contribution in [0, 0.1) is 0 Å². The molecule has 0 aliphatic carbocycles. The largest absolute Gasteiger partial charge is 0.492 e. The molecule has 2 aromatic carbocycles. The lowest BCUT2D eigenvalue weighted by Gasteiger charge is -2.20. The summed E-state index contributed by atoms with van der Waals surface area (Å²) in [6.07, 6.45) is 8.82. The number of hydrogen-bond donors (Lipinski definition) is 0. The molecular weight excluding hydrogens is 468 g/mol. The number of nitrogens with zero attached hydrogens (tertiary/aromatic N) is 4. The molecule has 1 aromatic heterocycles. The monoisotopic (exact) mass is 500 g/mol. The summed E-state index contributed by atoms with van der Waals surface area (Å²) in [6.45, 7) is 5.53. The summed E-state index contributed by atoms with van der Waals surface area (Å²) in [5, 5.41) is 0. The molecule has 1 saturated heterocycles. The second-order valence-electron chi connectivity index (χ2n) is 9.11. The number of benzene rings is 2. The van der Waals surface area contributed by atoms with E-state index in [1.54, 1.807) is 6.20 Å². The molecule has 8 heteroatoms. The number of amides is 1. The predicted molar refractivity (Wildman–Crippen MR) is 142 cm³/mol. The zero-order chi connectivity index (χ0) is 25.3. The van der Waals surface area contributed by atoms with E-state index in [9.17, 15) is 4.79 Å². The molecule has 2 aliphatic heterocycles. The van der Waals surface area contributed by atoms with Crippen LogP contribution in [0.15, 0.2) is 66.9 Å². The third kappa shape index (κ3) is 6.60. The number of ether oxygens (including phenoxy) is 3. The number of rotatable bonds is 5. The zero-order valence-electron chi connectivity index (χ0n) is 20.9. The van der Waals surface area contributed by atoms with E-state index < -0.39 is 0 Å². The molecule has 0 N–H and O–H groups in total. The fourth-order valence-corrected chi connectivity index (χ4v) is 4.55. The first-order chi connectivity index (χ1) is 18.3. The van der Waals surface area contributed by atoms with Crippen molar-refractivity contribution >= 4 is 18.0 Å². The predicted octanol–water partition coefficient (Wildman–Crippen LogP) is 4.52. The Balaban J connectivity index is 1.44. The minimum absolute atomic E-state index is 0.299. The van der Waals surface area contributed by atoms with Gasteiger partial charge in [-0.2, -0.15) is 0 Å². The Hall–Kier alpha value is -3.59. The molecule has 2 aliphatic rings. The molecule has 0 spiro atoms. The van der Waals surface area contributed by atoms with E-state index in [2.05, 4.69) is 9.88 Å². The Morgan fingerprint density at radius 2 is 1.81 bits per heavy atom. The Kier molecular flexibility index (Phi) is 8.53. The molecule has 1 amide bonds. The number of carbonyl (C=O) groups is 1. The first-order valence-corrected chi connectivity index (χ1v) is 12.8. The second-order valence-corrected chi connectivity index (χ2v) is 9.11. The summed E-state index contributed by atoms with van der Waals surface area (Å²) < 4.78 is 17.9. The Bertz CT molecular complexity index is 1230. The SMILES string of the molecule is O=CN1c2ccc(OCCN3CCCC3)c(c2)COC/C=C/COCc2cccc(c2)-c2ccnc1n2. The third-order valence-corrected chi connectivity index (χ3v) is 6.49. The topological polar surface area (TPSA) is 77.0 Å². The van der Waals surface area contributed by atoms with Gasteiger partial charge >= 0.3 is 0 Å². The van der Waals surface area contributed by atoms with Crippen LogP contribution in [0.2, 0.25) is 0 Å². The lowest BCUT2D eigenvalue weighted by Crippen LogP contribution is -2.25. The summed E-state index contributed by atoms with van der Waals surface area (Å²) in [5.41, 5.74) is 4.21. The Morgan fingerprint density at radius 1 is 0.973 bits per heavy atom. The van der Waals surface area contributed by atoms with Gasteiger partial charge in [-0.1, -0.05) is 30.4 Å². The molecule has 0 saturated carbocycles. The molecule has 6 bridgehead atoms. The molecular formula is C29H32N4O4. The van der Waals surface area contributed by atoms with Gasteiger partial charge in [0.05, 0.1) is 37.8 Å². The van der Waals surface area contributed by atoms with E-state index >= 15 is 0 Å². The fourth-order valence-electron chi connectivity index (χ4n) is 4.55. The first kappa shape index (κ1) is 25.1. The highest BCUT2D eigenvalue weighted by molar-refractivity contribution is 5.84. The number of fused-ring (bicyclic) bond motifs is 7. The van der Waals surface area contributed by atoms with Crippen LogP contribution in [-0.2, 0) is 27.5 Å². The minimum atomic E-state index is 0.299. The van der Waals surface area contributed by atoms with E-state index in [1.165, 1.54) is 17.7 Å². The van der Waals surface area contributed by atoms with Crippen molar-refractivity contribution in [3.8, 4) is 17.0 Å². The van der Waals surface area contributed by atoms with Crippen LogP contribution in [0.4, 0.5) is 11.6 Å². The molecule has 37 heavy (non-hydrogen) atoms. The summed E-state index contributed by atoms with van der Waals surface area (Å²) in [6, 6.07) is 15.5. The highest BCUT2D eigenvalue weighted by Gasteiger charge is 2.17. The third-order valence-electron chi connectivity index (χ3n) is 6.49. The fraction of sp³-hybridized carbons (Fsp3) is 0.345. The van der Waals surface area contributed by atoms with E-state index in [1.807, 2.05) is 60.7 Å². The maximum atomic E-state index is 12.2. The van der Waals surface area contributed by atoms with Gasteiger partial charge in [-0.3, -0.25) is 14.6 Å². The van der Waals surface area contributed by atoms with Gasteiger partial charge in [-0.05, 0) is 61.8 Å². The Morgan fingerprint density at radius 3 is 2.65 bits per heavy atom. The highest BCUT2D eigenvalue weighted by Crippen LogP contribution is 2.30. The number of likely N-dealkylation sites (tertiary alicyclic amines) is 1. The summed E-state index contributed by atoms with van der Waals surface area (Å²) in [7, 11) is 0. The summed E-state index contributed by atoms with van der Waals surface area (Å²) in [4.78, 5) is 25.2. The van der Waals surface area contributed by atoms with Crippen molar-refractivity contribution in [3.05, 3.63) is 78.0 Å². The van der Waals surface area contributed by atoms with Crippen molar-refractivity contribution in [2.75, 3.05) is 44.4 Å². The number of hydrogen-bond acceptors (Lipinski definition) is 7. The van der Waals surface area contributed by atoms with Gasteiger partial charge in [-0.25, -0.2) is 9.97 Å². The van der Waals surface area contributed by atoms with Crippen LogP contribution in [0.25, 0.3) is 11.3 Å². The molecule has 1 fully saturated rings. The van der Waals surface area contributed by atoms with Crippen LogP contribution in [0.3, 0.4) is 0 Å². The van der Waals surface area contributed by atoms with E-state index in [0.29, 0.717) is 44.7 Å². The van der Waals surface area contributed by atoms with Gasteiger partial charge in [0.25, 0.3) is 0 Å². The van der Waals surface area contributed by atoms with Gasteiger partial charge in [0.15, 0.2) is 0 Å². The molecule has 0 unspecified atom stereocenters. The maximum absolute atomic E-state index is 12.2. The lowest BCUT2D eigenvalue weighted by atomic mass is 10.1. The van der Waals surface area contributed by atoms with Gasteiger partial charge in [0.1, 0.15) is 12.4 Å².